The second-order valence-electron chi connectivity index (χ2n) is 2.84. The highest BCUT2D eigenvalue weighted by Crippen LogP contribution is 2.35. The highest BCUT2D eigenvalue weighted by Gasteiger charge is 2.20. The maximum Gasteiger partial charge on any atom is 0.0914 e. The molecule has 1 aromatic rings. The van der Waals surface area contributed by atoms with Crippen molar-refractivity contribution < 1.29 is 0 Å². The summed E-state index contributed by atoms with van der Waals surface area (Å²) in [5, 5.41) is 0. The van der Waals surface area contributed by atoms with Gasteiger partial charge in [-0.2, -0.15) is 0 Å². The summed E-state index contributed by atoms with van der Waals surface area (Å²) in [6.07, 6.45) is 3.67. The number of benzene rings is 1. The lowest BCUT2D eigenvalue weighted by Gasteiger charge is -1.94. The molecule has 0 aliphatic carbocycles. The minimum atomic E-state index is 0. The van der Waals surface area contributed by atoms with Gasteiger partial charge in [0.2, 0.25) is 0 Å². The Morgan fingerprint density at radius 2 is 1.92 bits per heavy atom. The molecule has 0 saturated heterocycles. The summed E-state index contributed by atoms with van der Waals surface area (Å²) in [6.45, 7) is 0. The van der Waals surface area contributed by atoms with Crippen LogP contribution >= 0.6 is 12.4 Å². The van der Waals surface area contributed by atoms with Gasteiger partial charge < -0.3 is 0 Å². The Labute approximate surface area is 82.1 Å². The Kier molecular flexibility index (Phi) is 1.78. The molecule has 1 aromatic carbocycles. The summed E-state index contributed by atoms with van der Waals surface area (Å²) in [7, 11) is 0. The number of halogens is 1. The number of para-hydroxylation sites is 1. The third kappa shape index (κ3) is 1.03. The van der Waals surface area contributed by atoms with E-state index in [9.17, 15) is 0 Å². The van der Waals surface area contributed by atoms with Gasteiger partial charge >= 0.3 is 0 Å². The highest BCUT2D eigenvalue weighted by molar-refractivity contribution is 6.54. The van der Waals surface area contributed by atoms with E-state index in [0.29, 0.717) is 0 Å². The average Bonchev–Trinajstić information content (AvgIpc) is 2.62. The summed E-state index contributed by atoms with van der Waals surface area (Å²) in [5.74, 6) is 0. The molecule has 0 N–H and O–H groups in total. The molecular weight excluding hydrogens is 184 g/mol. The van der Waals surface area contributed by atoms with Crippen LogP contribution in [-0.2, 0) is 0 Å². The molecule has 0 atom stereocenters. The monoisotopic (exact) mass is 190 g/mol. The standard InChI is InChI=1S/C10H6N2.ClH/c1-2-4-9-7(3-1)8-5-11-6-10(8)12-9;/h1-6H;1H. The molecule has 2 aliphatic rings. The minimum Gasteiger partial charge on any atom is -0.262 e. The average molecular weight is 191 g/mol. The first-order valence-electron chi connectivity index (χ1n) is 3.87. The first-order chi connectivity index (χ1) is 5.95. The van der Waals surface area contributed by atoms with Gasteiger partial charge in [-0.25, -0.2) is 4.99 Å². The summed E-state index contributed by atoms with van der Waals surface area (Å²) in [6, 6.07) is 8.12. The molecule has 0 aromatic heterocycles. The van der Waals surface area contributed by atoms with Gasteiger partial charge in [-0.05, 0) is 6.07 Å². The Morgan fingerprint density at radius 3 is 2.85 bits per heavy atom. The van der Waals surface area contributed by atoms with E-state index in [1.54, 1.807) is 6.21 Å². The normalized spacial score (nSPS) is 15.7. The van der Waals surface area contributed by atoms with Crippen molar-refractivity contribution in [2.45, 2.75) is 0 Å². The van der Waals surface area contributed by atoms with Crippen molar-refractivity contribution in [2.75, 3.05) is 0 Å². The molecular formula is C10H7ClN2. The van der Waals surface area contributed by atoms with Crippen LogP contribution < -0.4 is 0 Å². The molecule has 64 valence electrons. The first kappa shape index (κ1) is 8.20. The maximum absolute atomic E-state index is 4.41. The fourth-order valence-corrected chi connectivity index (χ4v) is 1.54. The van der Waals surface area contributed by atoms with Crippen molar-refractivity contribution in [3.8, 4) is 0 Å². The number of fused-ring (bicyclic) bond motifs is 3. The van der Waals surface area contributed by atoms with Gasteiger partial charge in [0.25, 0.3) is 0 Å². The molecule has 0 spiro atoms. The van der Waals surface area contributed by atoms with E-state index in [1.807, 2.05) is 24.4 Å². The molecule has 0 unspecified atom stereocenters. The van der Waals surface area contributed by atoms with E-state index >= 15 is 0 Å². The Morgan fingerprint density at radius 1 is 1.08 bits per heavy atom. The van der Waals surface area contributed by atoms with Gasteiger partial charge in [-0.15, -0.1) is 12.4 Å². The van der Waals surface area contributed by atoms with Crippen LogP contribution in [0, 0.1) is 0 Å². The molecule has 0 bridgehead atoms. The lowest BCUT2D eigenvalue weighted by atomic mass is 10.1. The fraction of sp³-hybridized carbons (Fsp3) is 0. The second-order valence-corrected chi connectivity index (χ2v) is 2.84. The number of hydrogen-bond donors (Lipinski definition) is 0. The molecule has 0 radical (unpaired) electrons. The van der Waals surface area contributed by atoms with Crippen LogP contribution in [0.25, 0.3) is 5.57 Å². The van der Waals surface area contributed by atoms with E-state index in [4.69, 9.17) is 0 Å². The second kappa shape index (κ2) is 2.82. The van der Waals surface area contributed by atoms with Crippen molar-refractivity contribution in [1.82, 2.24) is 0 Å². The quantitative estimate of drug-likeness (QED) is 0.601. The van der Waals surface area contributed by atoms with Crippen LogP contribution in [0.2, 0.25) is 0 Å². The van der Waals surface area contributed by atoms with Crippen molar-refractivity contribution in [2.24, 2.45) is 9.98 Å². The molecule has 0 saturated carbocycles. The molecule has 2 heterocycles. The van der Waals surface area contributed by atoms with Crippen molar-refractivity contribution in [1.29, 1.82) is 0 Å². The number of hydrogen-bond acceptors (Lipinski definition) is 2. The summed E-state index contributed by atoms with van der Waals surface area (Å²) >= 11 is 0. The zero-order valence-electron chi connectivity index (χ0n) is 6.77. The topological polar surface area (TPSA) is 24.7 Å². The SMILES string of the molecule is C1=NC=C2C1=Nc1ccccc12.Cl. The highest BCUT2D eigenvalue weighted by atomic mass is 35.5. The van der Waals surface area contributed by atoms with Crippen LogP contribution in [0.1, 0.15) is 5.56 Å². The number of rotatable bonds is 0. The number of nitrogens with zero attached hydrogens (tertiary/aromatic N) is 2. The van der Waals surface area contributed by atoms with Gasteiger partial charge in [-0.3, -0.25) is 4.99 Å². The summed E-state index contributed by atoms with van der Waals surface area (Å²) in [5.41, 5.74) is 4.41. The first-order valence-corrected chi connectivity index (χ1v) is 3.87. The van der Waals surface area contributed by atoms with Gasteiger partial charge in [0.15, 0.2) is 0 Å². The lowest BCUT2D eigenvalue weighted by Crippen LogP contribution is -1.91. The minimum absolute atomic E-state index is 0. The van der Waals surface area contributed by atoms with Crippen molar-refractivity contribution in [3.63, 3.8) is 0 Å². The van der Waals surface area contributed by atoms with Gasteiger partial charge in [0.05, 0.1) is 17.6 Å². The van der Waals surface area contributed by atoms with Crippen LogP contribution in [0.3, 0.4) is 0 Å². The zero-order valence-corrected chi connectivity index (χ0v) is 7.58. The fourth-order valence-electron chi connectivity index (χ4n) is 1.54. The van der Waals surface area contributed by atoms with E-state index in [2.05, 4.69) is 16.1 Å². The summed E-state index contributed by atoms with van der Waals surface area (Å²) in [4.78, 5) is 8.46. The van der Waals surface area contributed by atoms with Gasteiger partial charge in [0, 0.05) is 17.3 Å². The molecule has 3 heteroatoms. The maximum atomic E-state index is 4.41. The Balaban J connectivity index is 0.000000653. The van der Waals surface area contributed by atoms with E-state index in [-0.39, 0.29) is 12.4 Å². The molecule has 0 amide bonds. The summed E-state index contributed by atoms with van der Waals surface area (Å²) < 4.78 is 0. The van der Waals surface area contributed by atoms with Crippen molar-refractivity contribution in [3.05, 3.63) is 36.0 Å². The lowest BCUT2D eigenvalue weighted by molar-refractivity contribution is 1.53. The molecule has 2 aliphatic heterocycles. The van der Waals surface area contributed by atoms with E-state index < -0.39 is 0 Å². The Bertz CT molecular complexity index is 444. The Hall–Kier alpha value is -1.41. The van der Waals surface area contributed by atoms with E-state index in [1.165, 1.54) is 5.56 Å². The van der Waals surface area contributed by atoms with Crippen molar-refractivity contribution >= 4 is 35.6 Å². The zero-order chi connectivity index (χ0) is 7.97. The smallest absolute Gasteiger partial charge is 0.0914 e. The molecule has 0 fully saturated rings. The van der Waals surface area contributed by atoms with Crippen LogP contribution in [0.5, 0.6) is 0 Å². The largest absolute Gasteiger partial charge is 0.262 e. The van der Waals surface area contributed by atoms with Crippen LogP contribution in [-0.4, -0.2) is 11.9 Å². The molecule has 13 heavy (non-hydrogen) atoms. The van der Waals surface area contributed by atoms with Crippen LogP contribution in [0.4, 0.5) is 5.69 Å². The number of allylic oxidation sites excluding steroid dienone is 1. The van der Waals surface area contributed by atoms with Gasteiger partial charge in [-0.1, -0.05) is 18.2 Å². The predicted octanol–water partition coefficient (Wildman–Crippen LogP) is 2.62. The van der Waals surface area contributed by atoms with Gasteiger partial charge in [0.1, 0.15) is 0 Å². The predicted molar refractivity (Wildman–Crippen MR) is 57.3 cm³/mol. The van der Waals surface area contributed by atoms with Crippen LogP contribution in [0.15, 0.2) is 40.5 Å². The van der Waals surface area contributed by atoms with E-state index in [0.717, 1.165) is 17.0 Å². The molecule has 3 rings (SSSR count). The number of aliphatic imine (C=N–C) groups is 2. The third-order valence-corrected chi connectivity index (χ3v) is 2.11. The third-order valence-electron chi connectivity index (χ3n) is 2.11. The molecule has 2 nitrogen and oxygen atoms in total.